The van der Waals surface area contributed by atoms with Crippen LogP contribution < -0.4 is 5.32 Å². The molecule has 1 N–H and O–H groups in total. The average molecular weight is 374 g/mol. The molecule has 22 heavy (non-hydrogen) atoms. The summed E-state index contributed by atoms with van der Waals surface area (Å²) in [5.74, 6) is 0. The normalized spacial score (nSPS) is 13.9. The zero-order valence-corrected chi connectivity index (χ0v) is 14.6. The number of hydrazone groups is 1. The van der Waals surface area contributed by atoms with Crippen molar-refractivity contribution in [3.8, 4) is 0 Å². The maximum atomic E-state index is 5.48. The molecule has 3 rings (SSSR count). The van der Waals surface area contributed by atoms with Gasteiger partial charge in [-0.25, -0.2) is 5.01 Å². The lowest BCUT2D eigenvalue weighted by atomic mass is 10.1. The van der Waals surface area contributed by atoms with E-state index in [1.54, 1.807) is 0 Å². The quantitative estimate of drug-likeness (QED) is 0.781. The minimum Gasteiger partial charge on any atom is -0.331 e. The standard InChI is InChI=1S/C17H16BrN3S/c1-12-5-2-3-8-15(12)19-17(22)21-10-9-16(20-21)13-6-4-7-14(18)11-13/h2-8,11H,9-10H2,1H3,(H,19,22). The second-order valence-corrected chi connectivity index (χ2v) is 6.48. The molecular weight excluding hydrogens is 358 g/mol. The molecule has 5 heteroatoms. The Kier molecular flexibility index (Phi) is 4.55. The number of hydrogen-bond acceptors (Lipinski definition) is 2. The highest BCUT2D eigenvalue weighted by atomic mass is 79.9. The van der Waals surface area contributed by atoms with Crippen LogP contribution in [0.3, 0.4) is 0 Å². The third-order valence-corrected chi connectivity index (χ3v) is 4.39. The van der Waals surface area contributed by atoms with Gasteiger partial charge in [-0.05, 0) is 48.5 Å². The number of benzene rings is 2. The molecule has 0 radical (unpaired) electrons. The van der Waals surface area contributed by atoms with Crippen molar-refractivity contribution in [1.82, 2.24) is 5.01 Å². The van der Waals surface area contributed by atoms with Crippen LogP contribution in [0.15, 0.2) is 58.1 Å². The first-order chi connectivity index (χ1) is 10.6. The SMILES string of the molecule is Cc1ccccc1NC(=S)N1CCC(c2cccc(Br)c2)=N1. The van der Waals surface area contributed by atoms with Gasteiger partial charge in [-0.15, -0.1) is 0 Å². The summed E-state index contributed by atoms with van der Waals surface area (Å²) in [6.45, 7) is 2.87. The summed E-state index contributed by atoms with van der Waals surface area (Å²) in [5, 5.41) is 10.4. The lowest BCUT2D eigenvalue weighted by molar-refractivity contribution is 0.499. The van der Waals surface area contributed by atoms with Crippen LogP contribution in [0.5, 0.6) is 0 Å². The Balaban J connectivity index is 1.74. The number of anilines is 1. The zero-order valence-electron chi connectivity index (χ0n) is 12.2. The van der Waals surface area contributed by atoms with Gasteiger partial charge in [0, 0.05) is 23.1 Å². The minimum absolute atomic E-state index is 0.638. The van der Waals surface area contributed by atoms with Crippen LogP contribution in [0.2, 0.25) is 0 Å². The van der Waals surface area contributed by atoms with E-state index in [9.17, 15) is 0 Å². The molecule has 0 unspecified atom stereocenters. The number of halogens is 1. The molecule has 0 aromatic heterocycles. The van der Waals surface area contributed by atoms with Crippen molar-refractivity contribution in [3.05, 3.63) is 64.1 Å². The third-order valence-electron chi connectivity index (χ3n) is 3.58. The number of thiocarbonyl (C=S) groups is 1. The van der Waals surface area contributed by atoms with Gasteiger partial charge < -0.3 is 5.32 Å². The second kappa shape index (κ2) is 6.58. The van der Waals surface area contributed by atoms with E-state index < -0.39 is 0 Å². The van der Waals surface area contributed by atoms with Crippen molar-refractivity contribution in [3.63, 3.8) is 0 Å². The number of para-hydroxylation sites is 1. The molecule has 0 saturated carbocycles. The van der Waals surface area contributed by atoms with Gasteiger partial charge in [0.25, 0.3) is 0 Å². The van der Waals surface area contributed by atoms with Crippen molar-refractivity contribution in [2.75, 3.05) is 11.9 Å². The first kappa shape index (κ1) is 15.2. The van der Waals surface area contributed by atoms with Crippen molar-refractivity contribution >= 4 is 44.7 Å². The fraction of sp³-hybridized carbons (Fsp3) is 0.176. The fourth-order valence-electron chi connectivity index (χ4n) is 2.37. The number of rotatable bonds is 2. The van der Waals surface area contributed by atoms with E-state index in [2.05, 4.69) is 51.5 Å². The largest absolute Gasteiger partial charge is 0.331 e. The predicted octanol–water partition coefficient (Wildman–Crippen LogP) is 4.56. The number of hydrogen-bond donors (Lipinski definition) is 1. The Hall–Kier alpha value is -1.72. The van der Waals surface area contributed by atoms with Crippen LogP contribution in [0, 0.1) is 6.92 Å². The topological polar surface area (TPSA) is 27.6 Å². The molecule has 2 aromatic rings. The molecule has 112 valence electrons. The summed E-state index contributed by atoms with van der Waals surface area (Å²) in [5.41, 5.74) is 4.39. The minimum atomic E-state index is 0.638. The summed E-state index contributed by atoms with van der Waals surface area (Å²) in [6.07, 6.45) is 0.895. The van der Waals surface area contributed by atoms with Crippen LogP contribution in [0.4, 0.5) is 5.69 Å². The van der Waals surface area contributed by atoms with Gasteiger partial charge in [-0.3, -0.25) is 0 Å². The lowest BCUT2D eigenvalue weighted by Crippen LogP contribution is -2.28. The molecule has 2 aromatic carbocycles. The van der Waals surface area contributed by atoms with E-state index in [1.807, 2.05) is 35.3 Å². The molecule has 0 atom stereocenters. The fourth-order valence-corrected chi connectivity index (χ4v) is 3.01. The zero-order chi connectivity index (χ0) is 15.5. The van der Waals surface area contributed by atoms with Gasteiger partial charge in [0.05, 0.1) is 5.71 Å². The van der Waals surface area contributed by atoms with Gasteiger partial charge in [0.2, 0.25) is 0 Å². The summed E-state index contributed by atoms with van der Waals surface area (Å²) in [7, 11) is 0. The van der Waals surface area contributed by atoms with E-state index in [0.717, 1.165) is 34.4 Å². The maximum Gasteiger partial charge on any atom is 0.194 e. The number of nitrogens with zero attached hydrogens (tertiary/aromatic N) is 2. The van der Waals surface area contributed by atoms with Gasteiger partial charge in [-0.1, -0.05) is 46.3 Å². The average Bonchev–Trinajstić information content (AvgIpc) is 2.99. The molecule has 0 spiro atoms. The van der Waals surface area contributed by atoms with Crippen molar-refractivity contribution in [2.24, 2.45) is 5.10 Å². The first-order valence-electron chi connectivity index (χ1n) is 7.11. The van der Waals surface area contributed by atoms with E-state index in [1.165, 1.54) is 5.56 Å². The van der Waals surface area contributed by atoms with Crippen LogP contribution >= 0.6 is 28.1 Å². The summed E-state index contributed by atoms with van der Waals surface area (Å²) >= 11 is 8.98. The summed E-state index contributed by atoms with van der Waals surface area (Å²) in [4.78, 5) is 0. The van der Waals surface area contributed by atoms with Gasteiger partial charge in [0.1, 0.15) is 0 Å². The molecule has 0 saturated heterocycles. The molecule has 0 aliphatic carbocycles. The van der Waals surface area contributed by atoms with E-state index in [0.29, 0.717) is 5.11 Å². The third kappa shape index (κ3) is 3.36. The second-order valence-electron chi connectivity index (χ2n) is 5.18. The lowest BCUT2D eigenvalue weighted by Gasteiger charge is -2.17. The molecule has 3 nitrogen and oxygen atoms in total. The Morgan fingerprint density at radius 3 is 2.82 bits per heavy atom. The van der Waals surface area contributed by atoms with Crippen LogP contribution in [-0.4, -0.2) is 22.4 Å². The molecule has 1 aliphatic rings. The molecule has 0 fully saturated rings. The highest BCUT2D eigenvalue weighted by Gasteiger charge is 2.19. The van der Waals surface area contributed by atoms with Crippen LogP contribution in [-0.2, 0) is 0 Å². The highest BCUT2D eigenvalue weighted by Crippen LogP contribution is 2.19. The molecular formula is C17H16BrN3S. The first-order valence-corrected chi connectivity index (χ1v) is 8.31. The maximum absolute atomic E-state index is 5.48. The van der Waals surface area contributed by atoms with E-state index >= 15 is 0 Å². The van der Waals surface area contributed by atoms with Crippen LogP contribution in [0.25, 0.3) is 0 Å². The Morgan fingerprint density at radius 1 is 1.23 bits per heavy atom. The number of nitrogens with one attached hydrogen (secondary N) is 1. The van der Waals surface area contributed by atoms with Crippen molar-refractivity contribution in [1.29, 1.82) is 0 Å². The monoisotopic (exact) mass is 373 g/mol. The summed E-state index contributed by atoms with van der Waals surface area (Å²) < 4.78 is 1.06. The van der Waals surface area contributed by atoms with Gasteiger partial charge in [-0.2, -0.15) is 5.10 Å². The molecule has 1 aliphatic heterocycles. The Bertz CT molecular complexity index is 742. The van der Waals surface area contributed by atoms with Crippen molar-refractivity contribution in [2.45, 2.75) is 13.3 Å². The van der Waals surface area contributed by atoms with E-state index in [4.69, 9.17) is 12.2 Å². The van der Waals surface area contributed by atoms with Crippen LogP contribution in [0.1, 0.15) is 17.5 Å². The Morgan fingerprint density at radius 2 is 2.05 bits per heavy atom. The molecule has 0 bridgehead atoms. The van der Waals surface area contributed by atoms with Gasteiger partial charge in [0.15, 0.2) is 5.11 Å². The van der Waals surface area contributed by atoms with Gasteiger partial charge >= 0.3 is 0 Å². The van der Waals surface area contributed by atoms with E-state index in [-0.39, 0.29) is 0 Å². The highest BCUT2D eigenvalue weighted by molar-refractivity contribution is 9.10. The molecule has 1 heterocycles. The number of aryl methyl sites for hydroxylation is 1. The van der Waals surface area contributed by atoms with Crippen molar-refractivity contribution < 1.29 is 0 Å². The summed E-state index contributed by atoms with van der Waals surface area (Å²) in [6, 6.07) is 16.3. The molecule has 0 amide bonds. The Labute approximate surface area is 144 Å². The predicted molar refractivity (Wildman–Crippen MR) is 99.4 cm³/mol. The smallest absolute Gasteiger partial charge is 0.194 e.